The van der Waals surface area contributed by atoms with Gasteiger partial charge in [0.25, 0.3) is 0 Å². The van der Waals surface area contributed by atoms with Crippen LogP contribution >= 0.6 is 0 Å². The lowest BCUT2D eigenvalue weighted by Crippen LogP contribution is -2.44. The van der Waals surface area contributed by atoms with Gasteiger partial charge < -0.3 is 0 Å². The van der Waals surface area contributed by atoms with E-state index in [4.69, 9.17) is 0 Å². The summed E-state index contributed by atoms with van der Waals surface area (Å²) in [6, 6.07) is 7.60. The monoisotopic (exact) mass is 279 g/mol. The maximum Gasteiger partial charge on any atom is 0.459 e. The first-order valence-corrected chi connectivity index (χ1v) is 5.76. The van der Waals surface area contributed by atoms with Crippen LogP contribution in [0.2, 0.25) is 0 Å². The van der Waals surface area contributed by atoms with Gasteiger partial charge in [-0.05, 0) is 18.9 Å². The Balaban J connectivity index is 3.07. The Morgan fingerprint density at radius 2 is 1.63 bits per heavy atom. The van der Waals surface area contributed by atoms with E-state index in [0.29, 0.717) is 5.56 Å². The fourth-order valence-electron chi connectivity index (χ4n) is 1.60. The van der Waals surface area contributed by atoms with E-state index in [2.05, 4.69) is 4.99 Å². The van der Waals surface area contributed by atoms with Crippen LogP contribution in [0.4, 0.5) is 22.0 Å². The summed E-state index contributed by atoms with van der Waals surface area (Å²) in [5, 5.41) is 0. The first-order valence-electron chi connectivity index (χ1n) is 5.76. The lowest BCUT2D eigenvalue weighted by Gasteiger charge is -2.22. The first-order chi connectivity index (χ1) is 8.70. The van der Waals surface area contributed by atoms with Gasteiger partial charge in [0.05, 0.1) is 11.8 Å². The first kappa shape index (κ1) is 15.6. The molecule has 0 aromatic heterocycles. The van der Waals surface area contributed by atoms with Gasteiger partial charge in [0.15, 0.2) is 0 Å². The van der Waals surface area contributed by atoms with Gasteiger partial charge in [-0.2, -0.15) is 22.0 Å². The molecule has 0 aliphatic heterocycles. The molecule has 106 valence electrons. The minimum Gasteiger partial charge on any atom is -0.280 e. The van der Waals surface area contributed by atoms with Crippen molar-refractivity contribution < 1.29 is 22.0 Å². The largest absolute Gasteiger partial charge is 0.459 e. The average Bonchev–Trinajstić information content (AvgIpc) is 2.35. The fraction of sp³-hybridized carbons (Fsp3) is 0.462. The number of benzene rings is 1. The van der Waals surface area contributed by atoms with E-state index in [9.17, 15) is 22.0 Å². The summed E-state index contributed by atoms with van der Waals surface area (Å²) in [5.41, 5.74) is -0.553. The van der Waals surface area contributed by atoms with Crippen molar-refractivity contribution in [2.24, 2.45) is 4.99 Å². The number of nitrogens with zero attached hydrogens (tertiary/aromatic N) is 1. The molecule has 0 radical (unpaired) electrons. The minimum atomic E-state index is -5.61. The van der Waals surface area contributed by atoms with Gasteiger partial charge in [-0.3, -0.25) is 4.99 Å². The molecule has 0 spiro atoms. The van der Waals surface area contributed by atoms with Crippen molar-refractivity contribution in [2.45, 2.75) is 38.4 Å². The fourth-order valence-corrected chi connectivity index (χ4v) is 1.60. The highest BCUT2D eigenvalue weighted by atomic mass is 19.4. The van der Waals surface area contributed by atoms with Crippen molar-refractivity contribution in [3.8, 4) is 0 Å². The van der Waals surface area contributed by atoms with E-state index in [1.165, 1.54) is 13.8 Å². The molecular weight excluding hydrogens is 265 g/mol. The highest BCUT2D eigenvalue weighted by molar-refractivity contribution is 5.91. The molecular formula is C13H14F5N. The third-order valence-corrected chi connectivity index (χ3v) is 2.68. The molecule has 19 heavy (non-hydrogen) atoms. The molecule has 0 aliphatic carbocycles. The molecule has 1 aromatic rings. The lowest BCUT2D eigenvalue weighted by molar-refractivity contribution is -0.249. The van der Waals surface area contributed by atoms with Crippen LogP contribution < -0.4 is 0 Å². The molecule has 0 saturated carbocycles. The van der Waals surface area contributed by atoms with Crippen LogP contribution in [-0.2, 0) is 0 Å². The second-order valence-corrected chi connectivity index (χ2v) is 4.09. The summed E-state index contributed by atoms with van der Waals surface area (Å²) >= 11 is 0. The Morgan fingerprint density at radius 3 is 2.05 bits per heavy atom. The van der Waals surface area contributed by atoms with Crippen molar-refractivity contribution >= 4 is 5.71 Å². The molecule has 0 saturated heterocycles. The van der Waals surface area contributed by atoms with Gasteiger partial charge >= 0.3 is 12.1 Å². The zero-order valence-electron chi connectivity index (χ0n) is 10.5. The highest BCUT2D eigenvalue weighted by Crippen LogP contribution is 2.38. The Hall–Kier alpha value is -1.46. The molecule has 0 aliphatic rings. The molecule has 6 heteroatoms. The standard InChI is InChI=1S/C13H14F5N/c1-3-11(12(14,15)13(16,17)18)19-9(2)10-7-5-4-6-8-10/h4-9H,3H2,1-2H3/b19-11+. The lowest BCUT2D eigenvalue weighted by atomic mass is 10.1. The Kier molecular flexibility index (Phi) is 4.66. The molecule has 0 amide bonds. The molecule has 0 N–H and O–H groups in total. The number of hydrogen-bond donors (Lipinski definition) is 0. The Labute approximate surface area is 108 Å². The van der Waals surface area contributed by atoms with Crippen LogP contribution in [0.15, 0.2) is 35.3 Å². The van der Waals surface area contributed by atoms with Crippen LogP contribution in [0.1, 0.15) is 31.9 Å². The predicted molar refractivity (Wildman–Crippen MR) is 63.6 cm³/mol. The zero-order valence-corrected chi connectivity index (χ0v) is 10.5. The van der Waals surface area contributed by atoms with E-state index in [0.717, 1.165) is 0 Å². The van der Waals surface area contributed by atoms with Crippen LogP contribution in [-0.4, -0.2) is 17.8 Å². The molecule has 0 bridgehead atoms. The van der Waals surface area contributed by atoms with Crippen molar-refractivity contribution in [3.05, 3.63) is 35.9 Å². The molecule has 1 unspecified atom stereocenters. The average molecular weight is 279 g/mol. The number of halogens is 5. The van der Waals surface area contributed by atoms with Crippen molar-refractivity contribution in [2.75, 3.05) is 0 Å². The number of alkyl halides is 5. The van der Waals surface area contributed by atoms with E-state index in [1.54, 1.807) is 30.3 Å². The minimum absolute atomic E-state index is 0.455. The second kappa shape index (κ2) is 5.67. The van der Waals surface area contributed by atoms with Gasteiger partial charge in [0.1, 0.15) is 0 Å². The van der Waals surface area contributed by atoms with Gasteiger partial charge in [-0.1, -0.05) is 37.3 Å². The predicted octanol–water partition coefficient (Wildman–Crippen LogP) is 4.80. The molecule has 1 nitrogen and oxygen atoms in total. The summed E-state index contributed by atoms with van der Waals surface area (Å²) in [6.45, 7) is 2.72. The smallest absolute Gasteiger partial charge is 0.280 e. The van der Waals surface area contributed by atoms with E-state index in [1.807, 2.05) is 0 Å². The molecule has 1 atom stereocenters. The summed E-state index contributed by atoms with van der Waals surface area (Å²) in [4.78, 5) is 3.55. The summed E-state index contributed by atoms with van der Waals surface area (Å²) in [5.74, 6) is -4.88. The van der Waals surface area contributed by atoms with Gasteiger partial charge in [0.2, 0.25) is 0 Å². The SMILES string of the molecule is CC/C(=N\C(C)c1ccccc1)C(F)(F)C(F)(F)F. The van der Waals surface area contributed by atoms with Gasteiger partial charge in [-0.15, -0.1) is 0 Å². The quantitative estimate of drug-likeness (QED) is 0.554. The van der Waals surface area contributed by atoms with Crippen LogP contribution in [0, 0.1) is 0 Å². The van der Waals surface area contributed by atoms with Crippen molar-refractivity contribution in [1.82, 2.24) is 0 Å². The van der Waals surface area contributed by atoms with Crippen molar-refractivity contribution in [3.63, 3.8) is 0 Å². The highest BCUT2D eigenvalue weighted by Gasteiger charge is 2.60. The Morgan fingerprint density at radius 1 is 1.11 bits per heavy atom. The summed E-state index contributed by atoms with van der Waals surface area (Å²) in [6.07, 6.45) is -6.07. The van der Waals surface area contributed by atoms with Crippen molar-refractivity contribution in [1.29, 1.82) is 0 Å². The van der Waals surface area contributed by atoms with E-state index in [-0.39, 0.29) is 0 Å². The summed E-state index contributed by atoms with van der Waals surface area (Å²) in [7, 11) is 0. The Bertz CT molecular complexity index is 436. The molecule has 1 aromatic carbocycles. The van der Waals surface area contributed by atoms with Gasteiger partial charge in [-0.25, -0.2) is 0 Å². The van der Waals surface area contributed by atoms with Crippen LogP contribution in [0.3, 0.4) is 0 Å². The van der Waals surface area contributed by atoms with Crippen LogP contribution in [0.5, 0.6) is 0 Å². The third kappa shape index (κ3) is 3.52. The zero-order chi connectivity index (χ0) is 14.7. The molecule has 1 rings (SSSR count). The summed E-state index contributed by atoms with van der Waals surface area (Å²) < 4.78 is 63.3. The maximum absolute atomic E-state index is 13.2. The third-order valence-electron chi connectivity index (χ3n) is 2.68. The maximum atomic E-state index is 13.2. The normalized spacial score (nSPS) is 15.4. The van der Waals surface area contributed by atoms with Crippen LogP contribution in [0.25, 0.3) is 0 Å². The molecule has 0 heterocycles. The van der Waals surface area contributed by atoms with E-state index >= 15 is 0 Å². The van der Waals surface area contributed by atoms with E-state index < -0.39 is 30.3 Å². The number of rotatable bonds is 4. The second-order valence-electron chi connectivity index (χ2n) is 4.09. The van der Waals surface area contributed by atoms with Gasteiger partial charge in [0, 0.05) is 0 Å². The topological polar surface area (TPSA) is 12.4 Å². The number of aliphatic imine (C=N–C) groups is 1. The number of hydrogen-bond acceptors (Lipinski definition) is 1. The molecule has 0 fully saturated rings.